The molecule has 2 nitrogen and oxygen atoms in total. The first-order valence-electron chi connectivity index (χ1n) is 2.17. The fraction of sp³-hybridized carbons (Fsp3) is 0.167. The van der Waals surface area contributed by atoms with Gasteiger partial charge in [0.1, 0.15) is 0 Å². The van der Waals surface area contributed by atoms with E-state index >= 15 is 0 Å². The maximum absolute atomic E-state index is 4.64. The summed E-state index contributed by atoms with van der Waals surface area (Å²) < 4.78 is 9.28. The van der Waals surface area contributed by atoms with Gasteiger partial charge in [-0.25, -0.2) is 0 Å². The maximum atomic E-state index is 4.64. The van der Waals surface area contributed by atoms with Crippen molar-refractivity contribution in [2.45, 2.75) is 6.29 Å². The molecule has 0 atom stereocenters. The second kappa shape index (κ2) is 4.24. The first-order valence-corrected chi connectivity index (χ1v) is 2.17. The molecule has 0 bridgehead atoms. The highest BCUT2D eigenvalue weighted by molar-refractivity contribution is 4.58. The van der Waals surface area contributed by atoms with Crippen LogP contribution in [0.25, 0.3) is 0 Å². The Bertz CT molecular complexity index is 68.6. The summed E-state index contributed by atoms with van der Waals surface area (Å²) in [4.78, 5) is 0. The molecule has 8 heavy (non-hydrogen) atoms. The highest BCUT2D eigenvalue weighted by Gasteiger charge is 1.92. The third-order valence-corrected chi connectivity index (χ3v) is 0.496. The standard InChI is InChI=1S/C6H9O2/c1-4-7-6(3)8-5-2/h4-6H,1-3H2. The van der Waals surface area contributed by atoms with Gasteiger partial charge in [0.2, 0.25) is 6.29 Å². The molecule has 45 valence electrons. The molecule has 0 aliphatic heterocycles. The van der Waals surface area contributed by atoms with E-state index in [-0.39, 0.29) is 0 Å². The van der Waals surface area contributed by atoms with Crippen LogP contribution in [0.2, 0.25) is 0 Å². The highest BCUT2D eigenvalue weighted by atomic mass is 16.7. The van der Waals surface area contributed by atoms with Gasteiger partial charge in [-0.15, -0.1) is 0 Å². The Morgan fingerprint density at radius 1 is 1.12 bits per heavy atom. The molecular formula is C6H9O2. The van der Waals surface area contributed by atoms with Crippen molar-refractivity contribution >= 4 is 0 Å². The topological polar surface area (TPSA) is 18.5 Å². The minimum Gasteiger partial charge on any atom is -0.463 e. The van der Waals surface area contributed by atoms with E-state index < -0.39 is 6.29 Å². The molecule has 0 saturated heterocycles. The van der Waals surface area contributed by atoms with E-state index in [2.05, 4.69) is 29.6 Å². The van der Waals surface area contributed by atoms with E-state index in [9.17, 15) is 0 Å². The molecule has 0 spiro atoms. The van der Waals surface area contributed by atoms with Crippen LogP contribution >= 0.6 is 0 Å². The number of rotatable bonds is 4. The lowest BCUT2D eigenvalue weighted by molar-refractivity contribution is -0.0245. The molecule has 2 heteroatoms. The molecular weight excluding hydrogens is 104 g/mol. The molecule has 0 heterocycles. The molecule has 0 aromatic carbocycles. The third kappa shape index (κ3) is 3.28. The lowest BCUT2D eigenvalue weighted by Gasteiger charge is -2.07. The quantitative estimate of drug-likeness (QED) is 0.406. The first kappa shape index (κ1) is 7.08. The summed E-state index contributed by atoms with van der Waals surface area (Å²) in [6.45, 7) is 10.0. The summed E-state index contributed by atoms with van der Waals surface area (Å²) in [5.41, 5.74) is 0. The summed E-state index contributed by atoms with van der Waals surface area (Å²) in [5, 5.41) is 0. The Hall–Kier alpha value is -0.920. The second-order valence-corrected chi connectivity index (χ2v) is 1.04. The molecule has 0 aromatic rings. The van der Waals surface area contributed by atoms with Gasteiger partial charge < -0.3 is 9.47 Å². The molecule has 0 amide bonds. The van der Waals surface area contributed by atoms with Crippen LogP contribution < -0.4 is 0 Å². The molecule has 0 aliphatic carbocycles. The lowest BCUT2D eigenvalue weighted by Crippen LogP contribution is -2.04. The summed E-state index contributed by atoms with van der Waals surface area (Å²) in [5.74, 6) is 0. The zero-order valence-electron chi connectivity index (χ0n) is 4.67. The summed E-state index contributed by atoms with van der Waals surface area (Å²) in [7, 11) is 0. The van der Waals surface area contributed by atoms with Crippen molar-refractivity contribution in [1.82, 2.24) is 0 Å². The van der Waals surface area contributed by atoms with Gasteiger partial charge >= 0.3 is 0 Å². The average molecular weight is 113 g/mol. The average Bonchev–Trinajstić information content (AvgIpc) is 1.68. The third-order valence-electron chi connectivity index (χ3n) is 0.496. The molecule has 0 fully saturated rings. The normalized spacial score (nSPS) is 8.25. The van der Waals surface area contributed by atoms with E-state index in [1.165, 1.54) is 12.5 Å². The number of hydrogen-bond donors (Lipinski definition) is 0. The smallest absolute Gasteiger partial charge is 0.239 e. The Labute approximate surface area is 49.4 Å². The fourth-order valence-electron chi connectivity index (χ4n) is 0.247. The zero-order valence-corrected chi connectivity index (χ0v) is 4.67. The Morgan fingerprint density at radius 2 is 1.50 bits per heavy atom. The number of ether oxygens (including phenoxy) is 2. The molecule has 0 aromatic heterocycles. The van der Waals surface area contributed by atoms with Crippen molar-refractivity contribution < 1.29 is 9.47 Å². The summed E-state index contributed by atoms with van der Waals surface area (Å²) in [6, 6.07) is 0. The first-order chi connectivity index (χ1) is 3.81. The van der Waals surface area contributed by atoms with E-state index in [1.54, 1.807) is 0 Å². The van der Waals surface area contributed by atoms with Crippen LogP contribution in [-0.2, 0) is 9.47 Å². The van der Waals surface area contributed by atoms with Gasteiger partial charge in [0, 0.05) is 6.92 Å². The Balaban J connectivity index is 3.16. The van der Waals surface area contributed by atoms with Crippen molar-refractivity contribution in [3.05, 3.63) is 32.6 Å². The van der Waals surface area contributed by atoms with Crippen molar-refractivity contribution in [3.63, 3.8) is 0 Å². The van der Waals surface area contributed by atoms with Crippen LogP contribution in [0.15, 0.2) is 25.7 Å². The van der Waals surface area contributed by atoms with Crippen LogP contribution in [0, 0.1) is 6.92 Å². The van der Waals surface area contributed by atoms with E-state index in [0.717, 1.165) is 0 Å². The van der Waals surface area contributed by atoms with Gasteiger partial charge in [-0.3, -0.25) is 0 Å². The van der Waals surface area contributed by atoms with Crippen molar-refractivity contribution in [2.24, 2.45) is 0 Å². The predicted octanol–water partition coefficient (Wildman–Crippen LogP) is 1.47. The van der Waals surface area contributed by atoms with Crippen molar-refractivity contribution in [1.29, 1.82) is 0 Å². The van der Waals surface area contributed by atoms with Gasteiger partial charge in [0.15, 0.2) is 0 Å². The van der Waals surface area contributed by atoms with Gasteiger partial charge in [-0.2, -0.15) is 0 Å². The van der Waals surface area contributed by atoms with E-state index in [4.69, 9.17) is 0 Å². The van der Waals surface area contributed by atoms with Gasteiger partial charge in [-0.05, 0) is 0 Å². The van der Waals surface area contributed by atoms with Crippen LogP contribution in [0.5, 0.6) is 0 Å². The molecule has 1 radical (unpaired) electrons. The fourth-order valence-corrected chi connectivity index (χ4v) is 0.247. The van der Waals surface area contributed by atoms with Gasteiger partial charge in [-0.1, -0.05) is 13.2 Å². The molecule has 0 saturated carbocycles. The minimum absolute atomic E-state index is 0.523. The number of hydrogen-bond acceptors (Lipinski definition) is 2. The van der Waals surface area contributed by atoms with Crippen LogP contribution in [0.4, 0.5) is 0 Å². The highest BCUT2D eigenvalue weighted by Crippen LogP contribution is 1.90. The monoisotopic (exact) mass is 113 g/mol. The maximum Gasteiger partial charge on any atom is 0.239 e. The van der Waals surface area contributed by atoms with Crippen LogP contribution in [-0.4, -0.2) is 6.29 Å². The second-order valence-electron chi connectivity index (χ2n) is 1.04. The van der Waals surface area contributed by atoms with Crippen LogP contribution in [0.3, 0.4) is 0 Å². The lowest BCUT2D eigenvalue weighted by atomic mass is 10.7. The minimum atomic E-state index is -0.523. The molecule has 0 aliphatic rings. The summed E-state index contributed by atoms with van der Waals surface area (Å²) in [6.07, 6.45) is 2.01. The Kier molecular flexibility index (Phi) is 3.76. The molecule has 0 unspecified atom stereocenters. The molecule has 0 rings (SSSR count). The van der Waals surface area contributed by atoms with Gasteiger partial charge in [0.25, 0.3) is 0 Å². The predicted molar refractivity (Wildman–Crippen MR) is 31.7 cm³/mol. The van der Waals surface area contributed by atoms with E-state index in [0.29, 0.717) is 0 Å². The SMILES string of the molecule is [CH2]C(OC=C)OC=C. The van der Waals surface area contributed by atoms with Crippen molar-refractivity contribution in [2.75, 3.05) is 0 Å². The van der Waals surface area contributed by atoms with Crippen LogP contribution in [0.1, 0.15) is 0 Å². The van der Waals surface area contributed by atoms with Gasteiger partial charge in [0.05, 0.1) is 12.5 Å². The van der Waals surface area contributed by atoms with Crippen molar-refractivity contribution in [3.8, 4) is 0 Å². The summed E-state index contributed by atoms with van der Waals surface area (Å²) >= 11 is 0. The Morgan fingerprint density at radius 3 is 1.75 bits per heavy atom. The molecule has 0 N–H and O–H groups in total. The zero-order chi connectivity index (χ0) is 6.41. The largest absolute Gasteiger partial charge is 0.463 e. The van der Waals surface area contributed by atoms with E-state index in [1.807, 2.05) is 0 Å².